The van der Waals surface area contributed by atoms with E-state index in [0.717, 1.165) is 6.54 Å². The molecule has 0 aromatic carbocycles. The first kappa shape index (κ1) is 8.27. The normalized spacial score (nSPS) is 19.4. The third-order valence-corrected chi connectivity index (χ3v) is 3.81. The molecule has 1 aliphatic carbocycles. The Morgan fingerprint density at radius 1 is 1.50 bits per heavy atom. The number of nitrogens with two attached hydrogens (primary N) is 1. The Hall–Kier alpha value is -0.340. The van der Waals surface area contributed by atoms with Crippen LogP contribution >= 0.6 is 11.3 Å². The van der Waals surface area contributed by atoms with Gasteiger partial charge in [0.15, 0.2) is 0 Å². The monoisotopic (exact) mass is 181 g/mol. The summed E-state index contributed by atoms with van der Waals surface area (Å²) in [5.74, 6) is 0. The van der Waals surface area contributed by atoms with Gasteiger partial charge >= 0.3 is 0 Å². The second-order valence-corrected chi connectivity index (χ2v) is 4.82. The number of rotatable bonds is 4. The standard InChI is InChI=1S/C10H15NS/c11-8-10(5-6-10)4-3-9-2-1-7-12-9/h1-2,7H,3-6,8,11H2. The lowest BCUT2D eigenvalue weighted by molar-refractivity contribution is 0.480. The largest absolute Gasteiger partial charge is 0.330 e. The van der Waals surface area contributed by atoms with Gasteiger partial charge in [-0.05, 0) is 49.1 Å². The number of aryl methyl sites for hydroxylation is 1. The van der Waals surface area contributed by atoms with Crippen molar-refractivity contribution in [2.75, 3.05) is 6.54 Å². The molecule has 1 heterocycles. The zero-order valence-electron chi connectivity index (χ0n) is 7.25. The van der Waals surface area contributed by atoms with Crippen molar-refractivity contribution in [3.63, 3.8) is 0 Å². The summed E-state index contributed by atoms with van der Waals surface area (Å²) in [4.78, 5) is 1.51. The fourth-order valence-corrected chi connectivity index (χ4v) is 2.29. The molecular weight excluding hydrogens is 166 g/mol. The van der Waals surface area contributed by atoms with Crippen molar-refractivity contribution >= 4 is 11.3 Å². The maximum absolute atomic E-state index is 5.71. The van der Waals surface area contributed by atoms with Crippen LogP contribution in [0, 0.1) is 5.41 Å². The van der Waals surface area contributed by atoms with E-state index in [2.05, 4.69) is 17.5 Å². The second-order valence-electron chi connectivity index (χ2n) is 3.78. The summed E-state index contributed by atoms with van der Waals surface area (Å²) >= 11 is 1.86. The van der Waals surface area contributed by atoms with Gasteiger partial charge in [-0.15, -0.1) is 11.3 Å². The molecule has 2 N–H and O–H groups in total. The molecule has 2 heteroatoms. The van der Waals surface area contributed by atoms with E-state index >= 15 is 0 Å². The van der Waals surface area contributed by atoms with E-state index in [9.17, 15) is 0 Å². The van der Waals surface area contributed by atoms with E-state index in [1.807, 2.05) is 11.3 Å². The third-order valence-electron chi connectivity index (χ3n) is 2.87. The van der Waals surface area contributed by atoms with Gasteiger partial charge in [0.2, 0.25) is 0 Å². The quantitative estimate of drug-likeness (QED) is 0.758. The zero-order chi connectivity index (χ0) is 8.44. The molecule has 0 bridgehead atoms. The van der Waals surface area contributed by atoms with Crippen molar-refractivity contribution in [2.45, 2.75) is 25.7 Å². The number of hydrogen-bond donors (Lipinski definition) is 1. The molecule has 0 unspecified atom stereocenters. The van der Waals surface area contributed by atoms with Crippen molar-refractivity contribution in [3.8, 4) is 0 Å². The first-order valence-corrected chi connectivity index (χ1v) is 5.45. The summed E-state index contributed by atoms with van der Waals surface area (Å²) in [6.07, 6.45) is 5.24. The van der Waals surface area contributed by atoms with Crippen LogP contribution in [0.3, 0.4) is 0 Å². The maximum atomic E-state index is 5.71. The average Bonchev–Trinajstić information content (AvgIpc) is 2.70. The van der Waals surface area contributed by atoms with E-state index in [0.29, 0.717) is 5.41 Å². The molecular formula is C10H15NS. The first-order chi connectivity index (χ1) is 5.85. The second kappa shape index (κ2) is 3.19. The Labute approximate surface area is 77.6 Å². The fraction of sp³-hybridized carbons (Fsp3) is 0.600. The molecule has 1 nitrogen and oxygen atoms in total. The van der Waals surface area contributed by atoms with Crippen LogP contribution in [0.25, 0.3) is 0 Å². The van der Waals surface area contributed by atoms with Gasteiger partial charge in [0.25, 0.3) is 0 Å². The Kier molecular flexibility index (Phi) is 2.20. The van der Waals surface area contributed by atoms with Crippen molar-refractivity contribution in [1.29, 1.82) is 0 Å². The Bertz CT molecular complexity index is 236. The van der Waals surface area contributed by atoms with Crippen LogP contribution in [0.2, 0.25) is 0 Å². The molecule has 0 atom stereocenters. The highest BCUT2D eigenvalue weighted by Crippen LogP contribution is 2.48. The van der Waals surface area contributed by atoms with Crippen molar-refractivity contribution < 1.29 is 0 Å². The highest BCUT2D eigenvalue weighted by Gasteiger charge is 2.40. The summed E-state index contributed by atoms with van der Waals surface area (Å²) in [6.45, 7) is 0.887. The molecule has 12 heavy (non-hydrogen) atoms. The Morgan fingerprint density at radius 2 is 2.33 bits per heavy atom. The van der Waals surface area contributed by atoms with Gasteiger partial charge in [-0.1, -0.05) is 6.07 Å². The van der Waals surface area contributed by atoms with Crippen LogP contribution < -0.4 is 5.73 Å². The Morgan fingerprint density at radius 3 is 2.83 bits per heavy atom. The summed E-state index contributed by atoms with van der Waals surface area (Å²) in [6, 6.07) is 4.35. The number of thiophene rings is 1. The van der Waals surface area contributed by atoms with Gasteiger partial charge in [0, 0.05) is 4.88 Å². The average molecular weight is 181 g/mol. The molecule has 0 amide bonds. The van der Waals surface area contributed by atoms with Crippen LogP contribution in [0.4, 0.5) is 0 Å². The van der Waals surface area contributed by atoms with E-state index in [-0.39, 0.29) is 0 Å². The van der Waals surface area contributed by atoms with Gasteiger partial charge < -0.3 is 5.73 Å². The summed E-state index contributed by atoms with van der Waals surface area (Å²) in [7, 11) is 0. The Balaban J connectivity index is 1.83. The van der Waals surface area contributed by atoms with Crippen LogP contribution in [0.1, 0.15) is 24.1 Å². The molecule has 1 aliphatic rings. The smallest absolute Gasteiger partial charge is 0.00454 e. The van der Waals surface area contributed by atoms with Gasteiger partial charge in [0.05, 0.1) is 0 Å². The lowest BCUT2D eigenvalue weighted by Crippen LogP contribution is -2.15. The van der Waals surface area contributed by atoms with Crippen LogP contribution in [0.15, 0.2) is 17.5 Å². The minimum absolute atomic E-state index is 0.546. The highest BCUT2D eigenvalue weighted by atomic mass is 32.1. The van der Waals surface area contributed by atoms with Crippen molar-refractivity contribution in [3.05, 3.63) is 22.4 Å². The van der Waals surface area contributed by atoms with Crippen LogP contribution in [-0.4, -0.2) is 6.54 Å². The van der Waals surface area contributed by atoms with E-state index in [1.165, 1.54) is 30.6 Å². The first-order valence-electron chi connectivity index (χ1n) is 4.57. The van der Waals surface area contributed by atoms with E-state index < -0.39 is 0 Å². The molecule has 1 aromatic heterocycles. The molecule has 0 saturated heterocycles. The van der Waals surface area contributed by atoms with E-state index in [1.54, 1.807) is 0 Å². The minimum atomic E-state index is 0.546. The highest BCUT2D eigenvalue weighted by molar-refractivity contribution is 7.09. The molecule has 1 aromatic rings. The molecule has 66 valence electrons. The SMILES string of the molecule is NCC1(CCc2cccs2)CC1. The molecule has 2 rings (SSSR count). The molecule has 0 aliphatic heterocycles. The molecule has 1 saturated carbocycles. The minimum Gasteiger partial charge on any atom is -0.330 e. The van der Waals surface area contributed by atoms with E-state index in [4.69, 9.17) is 5.73 Å². The predicted octanol–water partition coefficient (Wildman–Crippen LogP) is 2.42. The predicted molar refractivity (Wildman–Crippen MR) is 53.4 cm³/mol. The maximum Gasteiger partial charge on any atom is 0.00454 e. The number of hydrogen-bond acceptors (Lipinski definition) is 2. The van der Waals surface area contributed by atoms with Crippen molar-refractivity contribution in [2.24, 2.45) is 11.1 Å². The van der Waals surface area contributed by atoms with Gasteiger partial charge in [-0.2, -0.15) is 0 Å². The van der Waals surface area contributed by atoms with Gasteiger partial charge in [-0.3, -0.25) is 0 Å². The summed E-state index contributed by atoms with van der Waals surface area (Å²) in [5, 5.41) is 2.15. The van der Waals surface area contributed by atoms with Crippen LogP contribution in [-0.2, 0) is 6.42 Å². The fourth-order valence-electron chi connectivity index (χ4n) is 1.58. The molecule has 0 radical (unpaired) electrons. The zero-order valence-corrected chi connectivity index (χ0v) is 8.07. The summed E-state index contributed by atoms with van der Waals surface area (Å²) < 4.78 is 0. The lowest BCUT2D eigenvalue weighted by atomic mass is 10.0. The summed E-state index contributed by atoms with van der Waals surface area (Å²) in [5.41, 5.74) is 6.26. The lowest BCUT2D eigenvalue weighted by Gasteiger charge is -2.09. The van der Waals surface area contributed by atoms with Crippen LogP contribution in [0.5, 0.6) is 0 Å². The van der Waals surface area contributed by atoms with Gasteiger partial charge in [0.1, 0.15) is 0 Å². The van der Waals surface area contributed by atoms with Crippen molar-refractivity contribution in [1.82, 2.24) is 0 Å². The third kappa shape index (κ3) is 1.70. The molecule has 0 spiro atoms. The van der Waals surface area contributed by atoms with Gasteiger partial charge in [-0.25, -0.2) is 0 Å². The molecule has 1 fully saturated rings. The topological polar surface area (TPSA) is 26.0 Å².